The van der Waals surface area contributed by atoms with E-state index in [0.29, 0.717) is 4.09 Å². The zero-order valence-corrected chi connectivity index (χ0v) is 13.7. The van der Waals surface area contributed by atoms with Crippen molar-refractivity contribution in [3.05, 3.63) is 56.3 Å². The molecule has 1 aromatic carbocycles. The third-order valence-corrected chi connectivity index (χ3v) is 5.20. The molecule has 0 saturated carbocycles. The van der Waals surface area contributed by atoms with Crippen molar-refractivity contribution < 1.29 is 8.42 Å². The summed E-state index contributed by atoms with van der Waals surface area (Å²) in [6.45, 7) is 0. The Morgan fingerprint density at radius 1 is 1.13 bits per heavy atom. The Morgan fingerprint density at radius 3 is 2.48 bits per heavy atom. The van der Waals surface area contributed by atoms with Crippen molar-refractivity contribution in [2.75, 3.05) is 0 Å². The molecule has 0 aliphatic rings. The highest BCUT2D eigenvalue weighted by atomic mass is 35.5. The molecular weight excluding hydrogens is 344 g/mol. The molecule has 0 aliphatic carbocycles. The summed E-state index contributed by atoms with van der Waals surface area (Å²) in [5.74, 6) is 0. The topological polar surface area (TPSA) is 96.0 Å². The fourth-order valence-corrected chi connectivity index (χ4v) is 3.61. The summed E-state index contributed by atoms with van der Waals surface area (Å²) < 4.78 is 27.9. The van der Waals surface area contributed by atoms with E-state index < -0.39 is 21.3 Å². The molecule has 0 spiro atoms. The first-order chi connectivity index (χ1) is 10.7. The van der Waals surface area contributed by atoms with Crippen LogP contribution in [0.15, 0.2) is 44.9 Å². The lowest BCUT2D eigenvalue weighted by molar-refractivity contribution is 0.580. The van der Waals surface area contributed by atoms with Gasteiger partial charge in [0.25, 0.3) is 15.6 Å². The van der Waals surface area contributed by atoms with E-state index in [-0.39, 0.29) is 21.0 Å². The van der Waals surface area contributed by atoms with Gasteiger partial charge in [-0.3, -0.25) is 13.9 Å². The van der Waals surface area contributed by atoms with Crippen molar-refractivity contribution in [3.63, 3.8) is 0 Å². The fourth-order valence-electron chi connectivity index (χ4n) is 2.18. The van der Waals surface area contributed by atoms with Crippen molar-refractivity contribution in [1.29, 1.82) is 0 Å². The first-order valence-corrected chi connectivity index (χ1v) is 8.22. The van der Waals surface area contributed by atoms with Gasteiger partial charge in [-0.25, -0.2) is 4.79 Å². The van der Waals surface area contributed by atoms with E-state index in [2.05, 4.69) is 5.10 Å². The minimum atomic E-state index is -4.02. The number of aromatic nitrogens is 4. The maximum atomic E-state index is 12.6. The quantitative estimate of drug-likeness (QED) is 0.660. The van der Waals surface area contributed by atoms with Gasteiger partial charge in [-0.15, -0.1) is 5.10 Å². The SMILES string of the molecule is Cn1c(=O)c2cn(S(=O)(=O)c3cccc(Cl)c3)nc2n(C)c1=O. The Balaban J connectivity index is 2.34. The lowest BCUT2D eigenvalue weighted by Crippen LogP contribution is -2.36. The van der Waals surface area contributed by atoms with Crippen LogP contribution in [0.5, 0.6) is 0 Å². The second kappa shape index (κ2) is 5.07. The molecule has 0 atom stereocenters. The molecule has 10 heteroatoms. The van der Waals surface area contributed by atoms with Crippen LogP contribution in [0.25, 0.3) is 11.0 Å². The van der Waals surface area contributed by atoms with Crippen molar-refractivity contribution in [1.82, 2.24) is 18.3 Å². The number of hydrogen-bond donors (Lipinski definition) is 0. The van der Waals surface area contributed by atoms with Crippen LogP contribution in [0.1, 0.15) is 0 Å². The molecular formula is C13H11ClN4O4S. The van der Waals surface area contributed by atoms with Gasteiger partial charge >= 0.3 is 5.69 Å². The second-order valence-electron chi connectivity index (χ2n) is 4.91. The predicted molar refractivity (Wildman–Crippen MR) is 84.3 cm³/mol. The molecule has 0 N–H and O–H groups in total. The summed E-state index contributed by atoms with van der Waals surface area (Å²) in [7, 11) is -1.30. The summed E-state index contributed by atoms with van der Waals surface area (Å²) in [6, 6.07) is 5.68. The van der Waals surface area contributed by atoms with Gasteiger partial charge in [-0.1, -0.05) is 17.7 Å². The molecule has 0 fully saturated rings. The molecule has 0 amide bonds. The average Bonchev–Trinajstić information content (AvgIpc) is 2.97. The Bertz CT molecular complexity index is 1160. The first-order valence-electron chi connectivity index (χ1n) is 6.40. The maximum absolute atomic E-state index is 12.6. The summed E-state index contributed by atoms with van der Waals surface area (Å²) in [4.78, 5) is 23.9. The van der Waals surface area contributed by atoms with E-state index >= 15 is 0 Å². The minimum Gasteiger partial charge on any atom is -0.279 e. The highest BCUT2D eigenvalue weighted by molar-refractivity contribution is 7.89. The highest BCUT2D eigenvalue weighted by Crippen LogP contribution is 2.19. The molecule has 23 heavy (non-hydrogen) atoms. The smallest absolute Gasteiger partial charge is 0.279 e. The van der Waals surface area contributed by atoms with E-state index in [0.717, 1.165) is 15.3 Å². The van der Waals surface area contributed by atoms with Gasteiger partial charge in [-0.2, -0.15) is 12.5 Å². The molecule has 0 bridgehead atoms. The van der Waals surface area contributed by atoms with Crippen molar-refractivity contribution in [2.45, 2.75) is 4.90 Å². The predicted octanol–water partition coefficient (Wildman–Crippen LogP) is 0.324. The summed E-state index contributed by atoms with van der Waals surface area (Å²) in [5, 5.41) is 4.17. The van der Waals surface area contributed by atoms with Gasteiger partial charge in [-0.05, 0) is 18.2 Å². The van der Waals surface area contributed by atoms with Crippen molar-refractivity contribution >= 4 is 32.7 Å². The van der Waals surface area contributed by atoms with Crippen LogP contribution < -0.4 is 11.2 Å². The van der Waals surface area contributed by atoms with Crippen LogP contribution in [0.2, 0.25) is 5.02 Å². The Kier molecular flexibility index (Phi) is 3.42. The number of halogens is 1. The van der Waals surface area contributed by atoms with Crippen molar-refractivity contribution in [2.24, 2.45) is 14.1 Å². The number of fused-ring (bicyclic) bond motifs is 1. The summed E-state index contributed by atoms with van der Waals surface area (Å²) >= 11 is 5.82. The van der Waals surface area contributed by atoms with Gasteiger partial charge < -0.3 is 0 Å². The van der Waals surface area contributed by atoms with Gasteiger partial charge in [0, 0.05) is 19.1 Å². The molecule has 0 radical (unpaired) electrons. The van der Waals surface area contributed by atoms with E-state index in [1.54, 1.807) is 6.07 Å². The molecule has 3 aromatic rings. The zero-order valence-electron chi connectivity index (χ0n) is 12.1. The molecule has 120 valence electrons. The molecule has 0 saturated heterocycles. The van der Waals surface area contributed by atoms with E-state index in [1.165, 1.54) is 32.3 Å². The van der Waals surface area contributed by atoms with E-state index in [9.17, 15) is 18.0 Å². The molecule has 2 heterocycles. The normalized spacial score (nSPS) is 12.0. The standard InChI is InChI=1S/C13H11ClN4O4S/c1-16-11-10(12(19)17(2)13(16)20)7-18(15-11)23(21,22)9-5-3-4-8(14)6-9/h3-7H,1-2H3. The van der Waals surface area contributed by atoms with Crippen molar-refractivity contribution in [3.8, 4) is 0 Å². The average molecular weight is 355 g/mol. The third-order valence-electron chi connectivity index (χ3n) is 3.44. The Morgan fingerprint density at radius 2 is 1.83 bits per heavy atom. The Labute approximate surface area is 135 Å². The largest absolute Gasteiger partial charge is 0.332 e. The summed E-state index contributed by atoms with van der Waals surface area (Å²) in [6.07, 6.45) is 1.09. The molecule has 2 aromatic heterocycles. The number of nitrogens with zero attached hydrogens (tertiary/aromatic N) is 4. The van der Waals surface area contributed by atoms with Crippen LogP contribution in [-0.4, -0.2) is 26.7 Å². The van der Waals surface area contributed by atoms with Gasteiger partial charge in [0.2, 0.25) is 0 Å². The molecule has 8 nitrogen and oxygen atoms in total. The van der Waals surface area contributed by atoms with Crippen LogP contribution in [0, 0.1) is 0 Å². The number of aryl methyl sites for hydroxylation is 1. The highest BCUT2D eigenvalue weighted by Gasteiger charge is 2.21. The molecule has 0 unspecified atom stereocenters. The monoisotopic (exact) mass is 354 g/mol. The number of benzene rings is 1. The number of hydrogen-bond acceptors (Lipinski definition) is 5. The molecule has 0 aliphatic heterocycles. The zero-order chi connectivity index (χ0) is 16.9. The van der Waals surface area contributed by atoms with Crippen LogP contribution in [0.4, 0.5) is 0 Å². The van der Waals surface area contributed by atoms with Crippen LogP contribution >= 0.6 is 11.6 Å². The molecule has 3 rings (SSSR count). The summed E-state index contributed by atoms with van der Waals surface area (Å²) in [5.41, 5.74) is -1.22. The van der Waals surface area contributed by atoms with E-state index in [4.69, 9.17) is 11.6 Å². The fraction of sp³-hybridized carbons (Fsp3) is 0.154. The second-order valence-corrected chi connectivity index (χ2v) is 7.14. The maximum Gasteiger partial charge on any atom is 0.332 e. The lowest BCUT2D eigenvalue weighted by atomic mass is 10.4. The lowest BCUT2D eigenvalue weighted by Gasteiger charge is -2.04. The van der Waals surface area contributed by atoms with Gasteiger partial charge in [0.05, 0.1) is 11.1 Å². The van der Waals surface area contributed by atoms with Gasteiger partial charge in [0.15, 0.2) is 5.65 Å². The van der Waals surface area contributed by atoms with Gasteiger partial charge in [0.1, 0.15) is 5.39 Å². The first kappa shape index (κ1) is 15.5. The number of rotatable bonds is 2. The van der Waals surface area contributed by atoms with E-state index in [1.807, 2.05) is 0 Å². The minimum absolute atomic E-state index is 0.0105. The van der Waals surface area contributed by atoms with Crippen LogP contribution in [-0.2, 0) is 24.1 Å². The van der Waals surface area contributed by atoms with Crippen LogP contribution in [0.3, 0.4) is 0 Å². The Hall–Kier alpha value is -2.39. The third kappa shape index (κ3) is 2.28.